The second-order valence-corrected chi connectivity index (χ2v) is 11.4. The first-order valence-electron chi connectivity index (χ1n) is 13.9. The molecule has 0 spiro atoms. The van der Waals surface area contributed by atoms with Crippen molar-refractivity contribution in [2.75, 3.05) is 6.54 Å². The molecule has 2 aromatic carbocycles. The van der Waals surface area contributed by atoms with Crippen LogP contribution < -0.4 is 10.6 Å². The van der Waals surface area contributed by atoms with Gasteiger partial charge in [-0.1, -0.05) is 55.5 Å². The molecule has 1 saturated heterocycles. The number of urea groups is 1. The molecule has 4 rings (SSSR count). The van der Waals surface area contributed by atoms with Crippen molar-refractivity contribution < 1.29 is 19.5 Å². The Morgan fingerprint density at radius 3 is 2.27 bits per heavy atom. The molecule has 0 aliphatic carbocycles. The molecule has 1 aromatic heterocycles. The van der Waals surface area contributed by atoms with E-state index in [2.05, 4.69) is 20.6 Å². The fourth-order valence-electron chi connectivity index (χ4n) is 4.98. The summed E-state index contributed by atoms with van der Waals surface area (Å²) in [7, 11) is 0. The van der Waals surface area contributed by atoms with Crippen LogP contribution in [0, 0.1) is 11.3 Å². The molecule has 216 valence electrons. The predicted molar refractivity (Wildman–Crippen MR) is 157 cm³/mol. The second kappa shape index (κ2) is 12.4. The third-order valence-electron chi connectivity index (χ3n) is 7.16. The molecule has 3 aromatic rings. The van der Waals surface area contributed by atoms with Crippen LogP contribution in [0.25, 0.3) is 22.4 Å². The number of benzene rings is 2. The van der Waals surface area contributed by atoms with E-state index >= 15 is 0 Å². The molecule has 1 aliphatic rings. The first-order valence-corrected chi connectivity index (χ1v) is 13.9. The van der Waals surface area contributed by atoms with Gasteiger partial charge in [-0.15, -0.1) is 0 Å². The van der Waals surface area contributed by atoms with E-state index < -0.39 is 23.5 Å². The SMILES string of the molecule is CCC(C(=N)C(=O)O)C(=O)NCc1ccc(-c2ccc(-c3cnc(C4CCCN4C(=O)NC(C)(C)C)[nH]3)cc2)cc1. The van der Waals surface area contributed by atoms with Gasteiger partial charge in [0, 0.05) is 18.6 Å². The average molecular weight is 559 g/mol. The lowest BCUT2D eigenvalue weighted by molar-refractivity contribution is -0.131. The lowest BCUT2D eigenvalue weighted by Gasteiger charge is -2.28. The lowest BCUT2D eigenvalue weighted by atomic mass is 9.99. The van der Waals surface area contributed by atoms with Gasteiger partial charge in [-0.25, -0.2) is 14.6 Å². The summed E-state index contributed by atoms with van der Waals surface area (Å²) >= 11 is 0. The van der Waals surface area contributed by atoms with Crippen LogP contribution >= 0.6 is 0 Å². The summed E-state index contributed by atoms with van der Waals surface area (Å²) < 4.78 is 0. The fraction of sp³-hybridized carbons (Fsp3) is 0.387. The van der Waals surface area contributed by atoms with Crippen molar-refractivity contribution in [3.8, 4) is 22.4 Å². The number of nitrogens with zero attached hydrogens (tertiary/aromatic N) is 2. The topological polar surface area (TPSA) is 151 Å². The quantitative estimate of drug-likeness (QED) is 0.231. The van der Waals surface area contributed by atoms with E-state index in [-0.39, 0.29) is 30.6 Å². The predicted octanol–water partition coefficient (Wildman–Crippen LogP) is 5.14. The Morgan fingerprint density at radius 1 is 1.07 bits per heavy atom. The molecule has 0 bridgehead atoms. The number of likely N-dealkylation sites (tertiary alicyclic amines) is 1. The smallest absolute Gasteiger partial charge is 0.350 e. The highest BCUT2D eigenvalue weighted by Gasteiger charge is 2.33. The molecule has 2 atom stereocenters. The Morgan fingerprint density at radius 2 is 1.68 bits per heavy atom. The standard InChI is InChI=1S/C31H38N6O4/c1-5-23(26(32)29(39)40)28(38)34-17-19-8-10-20(11-9-19)21-12-14-22(15-13-21)24-18-33-27(35-24)25-7-6-16-37(25)30(41)36-31(2,3)4/h8-15,18,23,25,32H,5-7,16-17H2,1-4H3,(H,33,35)(H,34,38)(H,36,41)(H,39,40). The molecule has 41 heavy (non-hydrogen) atoms. The lowest BCUT2D eigenvalue weighted by Crippen LogP contribution is -2.48. The molecule has 10 heteroatoms. The highest BCUT2D eigenvalue weighted by molar-refractivity contribution is 6.38. The maximum absolute atomic E-state index is 12.8. The summed E-state index contributed by atoms with van der Waals surface area (Å²) in [4.78, 5) is 46.1. The number of imidazole rings is 1. The van der Waals surface area contributed by atoms with Gasteiger partial charge in [0.05, 0.1) is 23.9 Å². The van der Waals surface area contributed by atoms with E-state index in [1.165, 1.54) is 0 Å². The first kappa shape index (κ1) is 29.5. The van der Waals surface area contributed by atoms with E-state index in [0.717, 1.165) is 46.6 Å². The maximum atomic E-state index is 12.8. The molecule has 10 nitrogen and oxygen atoms in total. The number of rotatable bonds is 9. The van der Waals surface area contributed by atoms with Crippen LogP contribution in [-0.4, -0.2) is 55.7 Å². The average Bonchev–Trinajstić information content (AvgIpc) is 3.62. The highest BCUT2D eigenvalue weighted by Crippen LogP contribution is 2.32. The van der Waals surface area contributed by atoms with E-state index in [0.29, 0.717) is 6.54 Å². The van der Waals surface area contributed by atoms with Crippen molar-refractivity contribution in [3.63, 3.8) is 0 Å². The van der Waals surface area contributed by atoms with Gasteiger partial charge in [-0.2, -0.15) is 0 Å². The minimum absolute atomic E-state index is 0.0699. The molecule has 1 aliphatic heterocycles. The first-order chi connectivity index (χ1) is 19.5. The van der Waals surface area contributed by atoms with Gasteiger partial charge in [0.2, 0.25) is 5.91 Å². The third-order valence-corrected chi connectivity index (χ3v) is 7.16. The number of carboxylic acid groups (broad SMARTS) is 1. The van der Waals surface area contributed by atoms with Gasteiger partial charge in [0.25, 0.3) is 0 Å². The summed E-state index contributed by atoms with van der Waals surface area (Å²) in [6.45, 7) is 8.56. The summed E-state index contributed by atoms with van der Waals surface area (Å²) in [5.41, 5.74) is 3.91. The van der Waals surface area contributed by atoms with E-state index in [1.54, 1.807) is 6.92 Å². The Balaban J connectivity index is 1.38. The summed E-state index contributed by atoms with van der Waals surface area (Å²) in [5.74, 6) is -2.02. The number of aromatic amines is 1. The van der Waals surface area contributed by atoms with Crippen molar-refractivity contribution in [3.05, 3.63) is 66.1 Å². The Bertz CT molecular complexity index is 1410. The van der Waals surface area contributed by atoms with Crippen LogP contribution in [0.1, 0.15) is 64.4 Å². The van der Waals surface area contributed by atoms with E-state index in [4.69, 9.17) is 10.5 Å². The highest BCUT2D eigenvalue weighted by atomic mass is 16.4. The molecule has 3 amide bonds. The number of hydrogen-bond donors (Lipinski definition) is 5. The Labute approximate surface area is 240 Å². The van der Waals surface area contributed by atoms with Crippen LogP contribution in [0.2, 0.25) is 0 Å². The van der Waals surface area contributed by atoms with Crippen molar-refractivity contribution in [1.29, 1.82) is 5.41 Å². The van der Waals surface area contributed by atoms with Crippen molar-refractivity contribution in [2.45, 2.75) is 65.1 Å². The number of nitrogens with one attached hydrogen (secondary N) is 4. The van der Waals surface area contributed by atoms with Crippen LogP contribution in [0.15, 0.2) is 54.7 Å². The van der Waals surface area contributed by atoms with Gasteiger partial charge in [-0.3, -0.25) is 10.2 Å². The van der Waals surface area contributed by atoms with Gasteiger partial charge in [0.1, 0.15) is 11.5 Å². The largest absolute Gasteiger partial charge is 0.477 e. The molecule has 2 unspecified atom stereocenters. The van der Waals surface area contributed by atoms with Gasteiger partial charge in [0.15, 0.2) is 0 Å². The van der Waals surface area contributed by atoms with Crippen LogP contribution in [-0.2, 0) is 16.1 Å². The zero-order chi connectivity index (χ0) is 29.7. The van der Waals surface area contributed by atoms with Crippen LogP contribution in [0.4, 0.5) is 4.79 Å². The molecule has 0 saturated carbocycles. The molecule has 2 heterocycles. The van der Waals surface area contributed by atoms with Gasteiger partial charge in [-0.05, 0) is 62.3 Å². The summed E-state index contributed by atoms with van der Waals surface area (Å²) in [6.07, 6.45) is 3.87. The molecular weight excluding hydrogens is 520 g/mol. The monoisotopic (exact) mass is 558 g/mol. The van der Waals surface area contributed by atoms with Crippen molar-refractivity contribution in [2.24, 2.45) is 5.92 Å². The van der Waals surface area contributed by atoms with Gasteiger partial charge < -0.3 is 25.6 Å². The molecule has 0 radical (unpaired) electrons. The number of carboxylic acids is 1. The minimum Gasteiger partial charge on any atom is -0.477 e. The van der Waals surface area contributed by atoms with E-state index in [1.807, 2.05) is 80.4 Å². The summed E-state index contributed by atoms with van der Waals surface area (Å²) in [5, 5.41) is 22.4. The second-order valence-electron chi connectivity index (χ2n) is 11.4. The molecular formula is C31H38N6O4. The third kappa shape index (κ3) is 7.19. The Hall–Kier alpha value is -4.47. The number of carbonyl (C=O) groups is 3. The number of carbonyl (C=O) groups excluding carboxylic acids is 2. The normalized spacial score (nSPS) is 15.8. The van der Waals surface area contributed by atoms with Crippen LogP contribution in [0.5, 0.6) is 0 Å². The zero-order valence-corrected chi connectivity index (χ0v) is 24.0. The fourth-order valence-corrected chi connectivity index (χ4v) is 4.98. The Kier molecular flexibility index (Phi) is 8.90. The van der Waals surface area contributed by atoms with Crippen molar-refractivity contribution >= 4 is 23.6 Å². The number of aromatic nitrogens is 2. The number of amides is 3. The van der Waals surface area contributed by atoms with Gasteiger partial charge >= 0.3 is 12.0 Å². The summed E-state index contributed by atoms with van der Waals surface area (Å²) in [6, 6.07) is 15.8. The zero-order valence-electron chi connectivity index (χ0n) is 24.0. The number of H-pyrrole nitrogens is 1. The minimum atomic E-state index is -1.38. The maximum Gasteiger partial charge on any atom is 0.350 e. The molecule has 5 N–H and O–H groups in total. The number of aliphatic carboxylic acids is 1. The van der Waals surface area contributed by atoms with Crippen molar-refractivity contribution in [1.82, 2.24) is 25.5 Å². The molecule has 1 fully saturated rings. The van der Waals surface area contributed by atoms with Crippen LogP contribution in [0.3, 0.4) is 0 Å². The number of hydrogen-bond acceptors (Lipinski definition) is 5. The van der Waals surface area contributed by atoms with E-state index in [9.17, 15) is 14.4 Å².